The zero-order chi connectivity index (χ0) is 35.6. The predicted molar refractivity (Wildman–Crippen MR) is 219 cm³/mol. The van der Waals surface area contributed by atoms with Gasteiger partial charge in [-0.1, -0.05) is 151 Å². The predicted octanol–water partition coefficient (Wildman–Crippen LogP) is 13.7. The van der Waals surface area contributed by atoms with Crippen molar-refractivity contribution in [3.05, 3.63) is 185 Å². The number of nitrogens with zero attached hydrogens (tertiary/aromatic N) is 1. The maximum Gasteiger partial charge on any atom is 0.0465 e. The molecule has 0 bridgehead atoms. The van der Waals surface area contributed by atoms with Crippen molar-refractivity contribution < 1.29 is 0 Å². The molecule has 0 fully saturated rings. The molecule has 7 aromatic rings. The minimum atomic E-state index is -0.0833. The summed E-state index contributed by atoms with van der Waals surface area (Å²) in [7, 11) is 0. The lowest BCUT2D eigenvalue weighted by Crippen LogP contribution is -2.18. The molecular weight excluding hydrogens is 627 g/mol. The van der Waals surface area contributed by atoms with Crippen LogP contribution in [0.4, 0.5) is 17.1 Å². The van der Waals surface area contributed by atoms with Crippen molar-refractivity contribution in [1.82, 2.24) is 0 Å². The fraction of sp³-hybridized carbons (Fsp3) is 0.176. The van der Waals surface area contributed by atoms with E-state index in [-0.39, 0.29) is 16.2 Å². The zero-order valence-electron chi connectivity index (χ0n) is 30.9. The molecule has 0 atom stereocenters. The summed E-state index contributed by atoms with van der Waals surface area (Å²) in [6, 6.07) is 57.2. The van der Waals surface area contributed by atoms with Crippen LogP contribution in [0.25, 0.3) is 44.5 Å². The van der Waals surface area contributed by atoms with Crippen LogP contribution >= 0.6 is 0 Å². The van der Waals surface area contributed by atoms with Crippen LogP contribution in [0.15, 0.2) is 152 Å². The molecule has 252 valence electrons. The van der Waals surface area contributed by atoms with Gasteiger partial charge in [-0.2, -0.15) is 0 Å². The second-order valence-corrected chi connectivity index (χ2v) is 16.6. The van der Waals surface area contributed by atoms with E-state index in [1.54, 1.807) is 0 Å². The van der Waals surface area contributed by atoms with Gasteiger partial charge in [0, 0.05) is 33.3 Å². The topological polar surface area (TPSA) is 3.24 Å². The van der Waals surface area contributed by atoms with Crippen molar-refractivity contribution in [2.75, 3.05) is 4.90 Å². The Kier molecular flexibility index (Phi) is 6.39. The Hall–Kier alpha value is -5.66. The zero-order valence-corrected chi connectivity index (χ0v) is 30.9. The maximum atomic E-state index is 2.46. The molecule has 0 N–H and O–H groups in total. The lowest BCUT2D eigenvalue weighted by Gasteiger charge is -2.30. The minimum Gasteiger partial charge on any atom is -0.310 e. The van der Waals surface area contributed by atoms with Gasteiger partial charge >= 0.3 is 0 Å². The van der Waals surface area contributed by atoms with Crippen LogP contribution in [0.2, 0.25) is 0 Å². The van der Waals surface area contributed by atoms with Crippen molar-refractivity contribution in [3.63, 3.8) is 0 Å². The largest absolute Gasteiger partial charge is 0.310 e. The van der Waals surface area contributed by atoms with Gasteiger partial charge in [-0.05, 0) is 120 Å². The molecule has 0 saturated heterocycles. The Bertz CT molecular complexity index is 2490. The fourth-order valence-electron chi connectivity index (χ4n) is 9.80. The van der Waals surface area contributed by atoms with Crippen LogP contribution in [0.1, 0.15) is 74.9 Å². The summed E-state index contributed by atoms with van der Waals surface area (Å²) in [6.45, 7) is 14.2. The molecule has 3 aliphatic carbocycles. The first-order valence-electron chi connectivity index (χ1n) is 18.7. The monoisotopic (exact) mass is 669 g/mol. The fourth-order valence-corrected chi connectivity index (χ4v) is 9.80. The number of hydrogen-bond acceptors (Lipinski definition) is 1. The molecule has 0 unspecified atom stereocenters. The van der Waals surface area contributed by atoms with Crippen molar-refractivity contribution in [1.29, 1.82) is 0 Å². The second kappa shape index (κ2) is 10.7. The van der Waals surface area contributed by atoms with Crippen LogP contribution < -0.4 is 4.90 Å². The molecule has 0 aromatic heterocycles. The Balaban J connectivity index is 1.10. The molecule has 0 spiro atoms. The highest BCUT2D eigenvalue weighted by atomic mass is 15.1. The third kappa shape index (κ3) is 4.23. The van der Waals surface area contributed by atoms with Gasteiger partial charge in [0.1, 0.15) is 0 Å². The van der Waals surface area contributed by atoms with E-state index in [1.807, 2.05) is 0 Å². The summed E-state index contributed by atoms with van der Waals surface area (Å²) >= 11 is 0. The summed E-state index contributed by atoms with van der Waals surface area (Å²) in [5, 5.41) is 0. The van der Waals surface area contributed by atoms with E-state index >= 15 is 0 Å². The number of benzene rings is 7. The van der Waals surface area contributed by atoms with E-state index in [0.717, 1.165) is 5.69 Å². The van der Waals surface area contributed by atoms with Gasteiger partial charge in [0.2, 0.25) is 0 Å². The van der Waals surface area contributed by atoms with E-state index in [4.69, 9.17) is 0 Å². The molecule has 0 amide bonds. The van der Waals surface area contributed by atoms with Crippen molar-refractivity contribution in [2.45, 2.75) is 57.8 Å². The third-order valence-electron chi connectivity index (χ3n) is 12.7. The Morgan fingerprint density at radius 2 is 0.615 bits per heavy atom. The molecule has 10 rings (SSSR count). The summed E-state index contributed by atoms with van der Waals surface area (Å²) in [5.41, 5.74) is 22.3. The molecule has 0 radical (unpaired) electrons. The molecule has 7 aromatic carbocycles. The van der Waals surface area contributed by atoms with Gasteiger partial charge in [-0.15, -0.1) is 0 Å². The first-order valence-corrected chi connectivity index (χ1v) is 18.7. The van der Waals surface area contributed by atoms with Gasteiger partial charge in [-0.25, -0.2) is 0 Å². The highest BCUT2D eigenvalue weighted by Gasteiger charge is 2.38. The quantitative estimate of drug-likeness (QED) is 0.180. The van der Waals surface area contributed by atoms with E-state index < -0.39 is 0 Å². The SMILES string of the molecule is CC1(C)c2ccccc2-c2ccc(-c3ccc(N(c4ccc5c(c4)C(C)(C)c4ccccc4-5)c4ccc5c(c4)C(C)(C)c4ccccc4-5)cc3)cc21. The molecule has 3 aliphatic rings. The van der Waals surface area contributed by atoms with Crippen LogP contribution in [0, 0.1) is 0 Å². The van der Waals surface area contributed by atoms with Gasteiger partial charge in [0.05, 0.1) is 0 Å². The highest BCUT2D eigenvalue weighted by molar-refractivity contribution is 5.89. The average Bonchev–Trinajstić information content (AvgIpc) is 3.65. The maximum absolute atomic E-state index is 2.46. The average molecular weight is 670 g/mol. The Morgan fingerprint density at radius 1 is 0.288 bits per heavy atom. The van der Waals surface area contributed by atoms with Gasteiger partial charge in [0.25, 0.3) is 0 Å². The number of rotatable bonds is 4. The van der Waals surface area contributed by atoms with E-state index in [2.05, 4.69) is 198 Å². The Labute approximate surface area is 308 Å². The molecule has 0 saturated carbocycles. The molecule has 1 heteroatoms. The van der Waals surface area contributed by atoms with E-state index in [0.29, 0.717) is 0 Å². The number of fused-ring (bicyclic) bond motifs is 9. The molecule has 0 heterocycles. The lowest BCUT2D eigenvalue weighted by atomic mass is 9.81. The molecule has 0 aliphatic heterocycles. The first kappa shape index (κ1) is 31.1. The normalized spacial score (nSPS) is 16.0. The third-order valence-corrected chi connectivity index (χ3v) is 12.7. The standard InChI is InChI=1S/C51H43N/c1-49(2)43-16-10-7-13-37(43)40-26-21-33(29-46(40)49)32-19-22-34(23-20-32)52(35-24-27-41-38-14-8-11-17-44(38)50(3,4)47(41)30-35)36-25-28-42-39-15-9-12-18-45(39)51(5,6)48(42)31-36/h7-31H,1-6H3. The lowest BCUT2D eigenvalue weighted by molar-refractivity contribution is 0.660. The van der Waals surface area contributed by atoms with Crippen molar-refractivity contribution in [3.8, 4) is 44.5 Å². The summed E-state index contributed by atoms with van der Waals surface area (Å²) in [5.74, 6) is 0. The van der Waals surface area contributed by atoms with Crippen LogP contribution in [0.5, 0.6) is 0 Å². The second-order valence-electron chi connectivity index (χ2n) is 16.6. The van der Waals surface area contributed by atoms with Crippen molar-refractivity contribution in [2.24, 2.45) is 0 Å². The van der Waals surface area contributed by atoms with Crippen LogP contribution in [-0.4, -0.2) is 0 Å². The van der Waals surface area contributed by atoms with Gasteiger partial charge in [-0.3, -0.25) is 0 Å². The van der Waals surface area contributed by atoms with Gasteiger partial charge < -0.3 is 4.90 Å². The minimum absolute atomic E-state index is 0.0271. The molecule has 52 heavy (non-hydrogen) atoms. The summed E-state index contributed by atoms with van der Waals surface area (Å²) < 4.78 is 0. The van der Waals surface area contributed by atoms with Crippen LogP contribution in [0.3, 0.4) is 0 Å². The highest BCUT2D eigenvalue weighted by Crippen LogP contribution is 2.54. The number of hydrogen-bond donors (Lipinski definition) is 0. The molecule has 1 nitrogen and oxygen atoms in total. The molecular formula is C51H43N. The number of anilines is 3. The van der Waals surface area contributed by atoms with E-state index in [1.165, 1.54) is 89.3 Å². The van der Waals surface area contributed by atoms with E-state index in [9.17, 15) is 0 Å². The smallest absolute Gasteiger partial charge is 0.0465 e. The van der Waals surface area contributed by atoms with Crippen LogP contribution in [-0.2, 0) is 16.2 Å². The summed E-state index contributed by atoms with van der Waals surface area (Å²) in [6.07, 6.45) is 0. The summed E-state index contributed by atoms with van der Waals surface area (Å²) in [4.78, 5) is 2.46. The Morgan fingerprint density at radius 3 is 1.06 bits per heavy atom. The first-order chi connectivity index (χ1) is 25.0. The van der Waals surface area contributed by atoms with Crippen molar-refractivity contribution >= 4 is 17.1 Å². The van der Waals surface area contributed by atoms with Gasteiger partial charge in [0.15, 0.2) is 0 Å².